The highest BCUT2D eigenvalue weighted by atomic mass is 79.9. The second-order valence-electron chi connectivity index (χ2n) is 8.00. The van der Waals surface area contributed by atoms with Crippen LogP contribution in [0.1, 0.15) is 36.1 Å². The van der Waals surface area contributed by atoms with Crippen molar-refractivity contribution in [3.63, 3.8) is 0 Å². The van der Waals surface area contributed by atoms with Crippen LogP contribution in [0.2, 0.25) is 0 Å². The monoisotopic (exact) mass is 488 g/mol. The highest BCUT2D eigenvalue weighted by Crippen LogP contribution is 2.39. The van der Waals surface area contributed by atoms with Gasteiger partial charge in [0.1, 0.15) is 11.5 Å². The topological polar surface area (TPSA) is 51.2 Å². The zero-order chi connectivity index (χ0) is 21.8. The van der Waals surface area contributed by atoms with Crippen molar-refractivity contribution in [2.75, 3.05) is 47.0 Å². The Hall–Kier alpha value is -2.09. The van der Waals surface area contributed by atoms with Crippen molar-refractivity contribution < 1.29 is 19.0 Å². The first-order chi connectivity index (χ1) is 15.1. The number of nitrogens with zero attached hydrogens (tertiary/aromatic N) is 2. The Morgan fingerprint density at radius 2 is 2.03 bits per heavy atom. The van der Waals surface area contributed by atoms with Gasteiger partial charge in [-0.15, -0.1) is 0 Å². The van der Waals surface area contributed by atoms with Crippen LogP contribution in [0.15, 0.2) is 46.9 Å². The molecule has 2 aliphatic heterocycles. The summed E-state index contributed by atoms with van der Waals surface area (Å²) in [6.45, 7) is 3.29. The van der Waals surface area contributed by atoms with Crippen LogP contribution >= 0.6 is 15.9 Å². The van der Waals surface area contributed by atoms with E-state index in [4.69, 9.17) is 14.2 Å². The molecule has 2 atom stereocenters. The molecule has 0 spiro atoms. The number of rotatable bonds is 6. The number of methoxy groups -OCH3 is 2. The van der Waals surface area contributed by atoms with E-state index >= 15 is 0 Å². The normalized spacial score (nSPS) is 21.8. The second-order valence-corrected chi connectivity index (χ2v) is 8.92. The van der Waals surface area contributed by atoms with E-state index in [-0.39, 0.29) is 18.1 Å². The molecule has 2 heterocycles. The minimum Gasteiger partial charge on any atom is -0.497 e. The third kappa shape index (κ3) is 5.05. The van der Waals surface area contributed by atoms with Gasteiger partial charge in [0.25, 0.3) is 0 Å². The summed E-state index contributed by atoms with van der Waals surface area (Å²) in [7, 11) is 3.30. The number of carbonyl (C=O) groups excluding carboxylic acids is 1. The number of morpholine rings is 1. The molecule has 0 N–H and O–H groups in total. The Morgan fingerprint density at radius 1 is 1.16 bits per heavy atom. The number of amides is 1. The highest BCUT2D eigenvalue weighted by molar-refractivity contribution is 9.10. The fourth-order valence-electron chi connectivity index (χ4n) is 4.52. The maximum Gasteiger partial charge on any atom is 0.237 e. The number of carbonyl (C=O) groups is 1. The third-order valence-electron chi connectivity index (χ3n) is 6.10. The van der Waals surface area contributed by atoms with Crippen molar-refractivity contribution in [1.82, 2.24) is 9.80 Å². The lowest BCUT2D eigenvalue weighted by molar-refractivity contribution is -0.135. The Labute approximate surface area is 192 Å². The maximum atomic E-state index is 13.3. The van der Waals surface area contributed by atoms with Gasteiger partial charge in [-0.1, -0.05) is 28.1 Å². The number of hydrogen-bond donors (Lipinski definition) is 0. The summed E-state index contributed by atoms with van der Waals surface area (Å²) in [5, 5.41) is 0. The van der Waals surface area contributed by atoms with E-state index in [1.807, 2.05) is 35.2 Å². The number of ether oxygens (including phenoxy) is 3. The van der Waals surface area contributed by atoms with E-state index in [1.165, 1.54) is 0 Å². The van der Waals surface area contributed by atoms with Gasteiger partial charge in [-0.25, -0.2) is 0 Å². The van der Waals surface area contributed by atoms with Crippen molar-refractivity contribution in [2.24, 2.45) is 0 Å². The molecular weight excluding hydrogens is 460 g/mol. The predicted octanol–water partition coefficient (Wildman–Crippen LogP) is 4.20. The Bertz CT molecular complexity index is 922. The molecular formula is C24H29BrN2O4. The summed E-state index contributed by atoms with van der Waals surface area (Å²) in [5.74, 6) is 1.68. The van der Waals surface area contributed by atoms with Crippen molar-refractivity contribution in [1.29, 1.82) is 0 Å². The first-order valence-electron chi connectivity index (χ1n) is 10.7. The van der Waals surface area contributed by atoms with Gasteiger partial charge < -0.3 is 19.1 Å². The van der Waals surface area contributed by atoms with E-state index in [0.717, 1.165) is 53.0 Å². The van der Waals surface area contributed by atoms with Gasteiger partial charge in [0, 0.05) is 35.7 Å². The summed E-state index contributed by atoms with van der Waals surface area (Å²) in [6, 6.07) is 14.1. The molecule has 0 saturated carbocycles. The molecule has 166 valence electrons. The molecule has 4 rings (SSSR count). The van der Waals surface area contributed by atoms with Gasteiger partial charge in [0.2, 0.25) is 5.91 Å². The molecule has 31 heavy (non-hydrogen) atoms. The van der Waals surface area contributed by atoms with E-state index in [1.54, 1.807) is 14.2 Å². The summed E-state index contributed by atoms with van der Waals surface area (Å²) in [4.78, 5) is 17.5. The standard InChI is InChI=1S/C24H29BrN2O4/c1-29-19-8-9-20(22(14-19)30-2)21-7-4-10-27(21)24(28)16-26-11-12-31-23(15-26)17-5-3-6-18(25)13-17/h3,5-6,8-9,13-14,21,23H,4,7,10-12,15-16H2,1-2H3. The van der Waals surface area contributed by atoms with Crippen LogP contribution in [0.3, 0.4) is 0 Å². The van der Waals surface area contributed by atoms with Crippen LogP contribution in [0, 0.1) is 0 Å². The molecule has 7 heteroatoms. The van der Waals surface area contributed by atoms with Crippen molar-refractivity contribution >= 4 is 21.8 Å². The fraction of sp³-hybridized carbons (Fsp3) is 0.458. The zero-order valence-electron chi connectivity index (χ0n) is 18.1. The van der Waals surface area contributed by atoms with Crippen molar-refractivity contribution in [2.45, 2.75) is 25.0 Å². The average molecular weight is 489 g/mol. The Kier molecular flexibility index (Phi) is 7.15. The van der Waals surface area contributed by atoms with Gasteiger partial charge in [0.15, 0.2) is 0 Å². The van der Waals surface area contributed by atoms with Gasteiger partial charge in [-0.3, -0.25) is 9.69 Å². The summed E-state index contributed by atoms with van der Waals surface area (Å²) in [5.41, 5.74) is 2.18. The molecule has 0 radical (unpaired) electrons. The van der Waals surface area contributed by atoms with Crippen LogP contribution < -0.4 is 9.47 Å². The van der Waals surface area contributed by atoms with Gasteiger partial charge in [-0.2, -0.15) is 0 Å². The summed E-state index contributed by atoms with van der Waals surface area (Å²) < 4.78 is 17.9. The Balaban J connectivity index is 1.44. The van der Waals surface area contributed by atoms with E-state index < -0.39 is 0 Å². The molecule has 2 saturated heterocycles. The molecule has 6 nitrogen and oxygen atoms in total. The third-order valence-corrected chi connectivity index (χ3v) is 6.60. The van der Waals surface area contributed by atoms with E-state index in [2.05, 4.69) is 33.0 Å². The maximum absolute atomic E-state index is 13.3. The number of likely N-dealkylation sites (tertiary alicyclic amines) is 1. The van der Waals surface area contributed by atoms with Crippen molar-refractivity contribution in [3.8, 4) is 11.5 Å². The quantitative estimate of drug-likeness (QED) is 0.609. The largest absolute Gasteiger partial charge is 0.497 e. The highest BCUT2D eigenvalue weighted by Gasteiger charge is 2.33. The average Bonchev–Trinajstić information content (AvgIpc) is 3.28. The predicted molar refractivity (Wildman–Crippen MR) is 123 cm³/mol. The van der Waals surface area contributed by atoms with E-state index in [0.29, 0.717) is 19.7 Å². The molecule has 2 fully saturated rings. The van der Waals surface area contributed by atoms with Crippen LogP contribution in [-0.4, -0.2) is 62.7 Å². The Morgan fingerprint density at radius 3 is 2.81 bits per heavy atom. The minimum atomic E-state index is -0.0184. The molecule has 1 amide bonds. The fourth-order valence-corrected chi connectivity index (χ4v) is 4.94. The first-order valence-corrected chi connectivity index (χ1v) is 11.5. The summed E-state index contributed by atoms with van der Waals surface area (Å²) in [6.07, 6.45) is 1.92. The first kappa shape index (κ1) is 22.1. The number of benzene rings is 2. The lowest BCUT2D eigenvalue weighted by Gasteiger charge is -2.35. The molecule has 2 aliphatic rings. The lowest BCUT2D eigenvalue weighted by Crippen LogP contribution is -2.45. The molecule has 0 aromatic heterocycles. The van der Waals surface area contributed by atoms with Gasteiger partial charge in [0.05, 0.1) is 39.5 Å². The van der Waals surface area contributed by atoms with Gasteiger partial charge >= 0.3 is 0 Å². The number of hydrogen-bond acceptors (Lipinski definition) is 5. The summed E-state index contributed by atoms with van der Waals surface area (Å²) >= 11 is 3.53. The zero-order valence-corrected chi connectivity index (χ0v) is 19.6. The van der Waals surface area contributed by atoms with Crippen LogP contribution in [-0.2, 0) is 9.53 Å². The number of halogens is 1. The van der Waals surface area contributed by atoms with Crippen molar-refractivity contribution in [3.05, 3.63) is 58.1 Å². The molecule has 2 aromatic rings. The van der Waals surface area contributed by atoms with Crippen LogP contribution in [0.4, 0.5) is 0 Å². The SMILES string of the molecule is COc1ccc(C2CCCN2C(=O)CN2CCOC(c3cccc(Br)c3)C2)c(OC)c1. The smallest absolute Gasteiger partial charge is 0.237 e. The molecule has 2 unspecified atom stereocenters. The lowest BCUT2D eigenvalue weighted by atomic mass is 10.0. The van der Waals surface area contributed by atoms with E-state index in [9.17, 15) is 4.79 Å². The molecule has 2 aromatic carbocycles. The molecule has 0 aliphatic carbocycles. The van der Waals surface area contributed by atoms with Crippen LogP contribution in [0.25, 0.3) is 0 Å². The van der Waals surface area contributed by atoms with Gasteiger partial charge in [-0.05, 0) is 42.7 Å². The second kappa shape index (κ2) is 10.0. The minimum absolute atomic E-state index is 0.0184. The van der Waals surface area contributed by atoms with Crippen LogP contribution in [0.5, 0.6) is 11.5 Å². The molecule has 0 bridgehead atoms.